The zero-order valence-electron chi connectivity index (χ0n) is 32.2. The second-order valence-electron chi connectivity index (χ2n) is 13.7. The normalized spacial score (nSPS) is 11.7. The molecule has 282 valence electrons. The maximum Gasteiger partial charge on any atom is 0.336 e. The molecule has 0 heterocycles. The van der Waals surface area contributed by atoms with Gasteiger partial charge in [-0.15, -0.1) is 0 Å². The average molecular weight is 675 g/mol. The Hall–Kier alpha value is -1.71. The van der Waals surface area contributed by atoms with E-state index < -0.39 is 36.4 Å². The summed E-state index contributed by atoms with van der Waals surface area (Å²) < 4.78 is 2.84. The number of nitrogens with zero attached hydrogens (tertiary/aromatic N) is 2. The summed E-state index contributed by atoms with van der Waals surface area (Å²) in [6.45, 7) is 30.0. The molecule has 0 amide bonds. The van der Waals surface area contributed by atoms with Gasteiger partial charge < -0.3 is 39.0 Å². The van der Waals surface area contributed by atoms with Crippen LogP contribution in [0.1, 0.15) is 171 Å². The fraction of sp³-hybridized carbons (Fsp3) is 0.921. The highest BCUT2D eigenvalue weighted by atomic mass is 16.4. The van der Waals surface area contributed by atoms with E-state index in [1.165, 1.54) is 164 Å². The van der Waals surface area contributed by atoms with Crippen LogP contribution in [0.4, 0.5) is 0 Å². The Morgan fingerprint density at radius 1 is 0.447 bits per heavy atom. The van der Waals surface area contributed by atoms with Crippen molar-refractivity contribution in [1.29, 1.82) is 0 Å². The van der Waals surface area contributed by atoms with Crippen LogP contribution in [0, 0.1) is 0 Å². The minimum Gasteiger partial charge on any atom is -0.550 e. The number of carboxylic acid groups (broad SMARTS) is 3. The van der Waals surface area contributed by atoms with E-state index in [1.807, 2.05) is 0 Å². The van der Waals surface area contributed by atoms with E-state index in [4.69, 9.17) is 10.2 Å². The molecule has 0 spiro atoms. The molecule has 0 saturated carbocycles. The molecule has 0 aromatic carbocycles. The second kappa shape index (κ2) is 31.6. The van der Waals surface area contributed by atoms with Crippen LogP contribution in [-0.4, -0.2) is 95.0 Å². The SMILES string of the molecule is CCCC[N+](CCCC)(CCCC)CCCC.CCCC[N+](CCCC)(CCCC)CCCC.O=C([O-])CC(O)(CC(=O)[O-])C(=O)O. The first-order chi connectivity index (χ1) is 22.3. The van der Waals surface area contributed by atoms with Gasteiger partial charge in [-0.3, -0.25) is 0 Å². The molecular weight excluding hydrogens is 596 g/mol. The highest BCUT2D eigenvalue weighted by Crippen LogP contribution is 2.18. The number of rotatable bonds is 29. The fourth-order valence-corrected chi connectivity index (χ4v) is 5.98. The van der Waals surface area contributed by atoms with E-state index in [0.29, 0.717) is 0 Å². The lowest BCUT2D eigenvalue weighted by molar-refractivity contribution is -0.929. The van der Waals surface area contributed by atoms with Crippen molar-refractivity contribution in [2.45, 2.75) is 177 Å². The quantitative estimate of drug-likeness (QED) is 0.0916. The summed E-state index contributed by atoms with van der Waals surface area (Å²) in [6, 6.07) is 0. The Morgan fingerprint density at radius 2 is 0.617 bits per heavy atom. The van der Waals surface area contributed by atoms with Gasteiger partial charge in [-0.1, -0.05) is 107 Å². The molecular formula is C38H78N2O7. The van der Waals surface area contributed by atoms with Crippen LogP contribution in [0.2, 0.25) is 0 Å². The summed E-state index contributed by atoms with van der Waals surface area (Å²) in [6.07, 6.45) is 19.5. The largest absolute Gasteiger partial charge is 0.550 e. The summed E-state index contributed by atoms with van der Waals surface area (Å²) in [5, 5.41) is 37.2. The first kappa shape index (κ1) is 49.7. The van der Waals surface area contributed by atoms with E-state index in [0.717, 1.165) is 0 Å². The summed E-state index contributed by atoms with van der Waals surface area (Å²) in [7, 11) is 0. The maximum absolute atomic E-state index is 10.3. The van der Waals surface area contributed by atoms with Crippen molar-refractivity contribution in [3.05, 3.63) is 0 Å². The third kappa shape index (κ3) is 26.9. The molecule has 0 aliphatic heterocycles. The predicted molar refractivity (Wildman–Crippen MR) is 191 cm³/mol. The van der Waals surface area contributed by atoms with E-state index in [-0.39, 0.29) is 0 Å². The lowest BCUT2D eigenvalue weighted by Crippen LogP contribution is -2.50. The van der Waals surface area contributed by atoms with Crippen molar-refractivity contribution in [1.82, 2.24) is 0 Å². The Labute approximate surface area is 290 Å². The number of carbonyl (C=O) groups is 3. The third-order valence-electron chi connectivity index (χ3n) is 9.16. The van der Waals surface area contributed by atoms with Crippen LogP contribution < -0.4 is 10.2 Å². The highest BCUT2D eigenvalue weighted by molar-refractivity contribution is 5.87. The van der Waals surface area contributed by atoms with Crippen LogP contribution in [0.3, 0.4) is 0 Å². The van der Waals surface area contributed by atoms with Crippen LogP contribution in [0.15, 0.2) is 0 Å². The van der Waals surface area contributed by atoms with Gasteiger partial charge in [-0.25, -0.2) is 4.79 Å². The van der Waals surface area contributed by atoms with Gasteiger partial charge in [0, 0.05) is 24.8 Å². The van der Waals surface area contributed by atoms with Gasteiger partial charge >= 0.3 is 5.97 Å². The molecule has 0 unspecified atom stereocenters. The average Bonchev–Trinajstić information content (AvgIpc) is 3.03. The number of unbranched alkanes of at least 4 members (excludes halogenated alkanes) is 8. The van der Waals surface area contributed by atoms with Crippen LogP contribution >= 0.6 is 0 Å². The number of carbonyl (C=O) groups excluding carboxylic acids is 2. The Morgan fingerprint density at radius 3 is 0.723 bits per heavy atom. The van der Waals surface area contributed by atoms with Crippen molar-refractivity contribution in [3.63, 3.8) is 0 Å². The second-order valence-corrected chi connectivity index (χ2v) is 13.7. The van der Waals surface area contributed by atoms with Crippen molar-refractivity contribution >= 4 is 17.9 Å². The Bertz CT molecular complexity index is 633. The number of hydrogen-bond donors (Lipinski definition) is 2. The van der Waals surface area contributed by atoms with Gasteiger partial charge in [-0.2, -0.15) is 0 Å². The smallest absolute Gasteiger partial charge is 0.336 e. The molecule has 0 saturated heterocycles. The standard InChI is InChI=1S/2C16H36N.C6H8O7/c2*1-5-9-13-17(14-10-6-2,15-11-7-3)16-12-8-4;7-3(8)1-6(13,5(11)12)2-4(9)10/h2*5-16H2,1-4H3;13H,1-2H2,(H,7,8)(H,9,10)(H,11,12)/q2*+1;/p-2. The molecule has 0 atom stereocenters. The zero-order valence-corrected chi connectivity index (χ0v) is 32.2. The summed E-state index contributed by atoms with van der Waals surface area (Å²) in [5.41, 5.74) is -2.86. The van der Waals surface area contributed by atoms with Gasteiger partial charge in [0.1, 0.15) is 0 Å². The molecule has 0 aliphatic carbocycles. The van der Waals surface area contributed by atoms with Gasteiger partial charge in [0.05, 0.1) is 52.4 Å². The monoisotopic (exact) mass is 675 g/mol. The molecule has 0 aliphatic rings. The maximum atomic E-state index is 10.3. The van der Waals surface area contributed by atoms with E-state index >= 15 is 0 Å². The van der Waals surface area contributed by atoms with Crippen molar-refractivity contribution < 1.29 is 43.8 Å². The van der Waals surface area contributed by atoms with Gasteiger partial charge in [-0.05, 0) is 51.4 Å². The molecule has 9 heteroatoms. The van der Waals surface area contributed by atoms with Crippen LogP contribution in [0.25, 0.3) is 0 Å². The minimum absolute atomic E-state index is 1.30. The van der Waals surface area contributed by atoms with Gasteiger partial charge in [0.25, 0.3) is 0 Å². The topological polar surface area (TPSA) is 138 Å². The first-order valence-corrected chi connectivity index (χ1v) is 19.3. The zero-order chi connectivity index (χ0) is 36.6. The van der Waals surface area contributed by atoms with Crippen molar-refractivity contribution in [2.75, 3.05) is 52.4 Å². The van der Waals surface area contributed by atoms with Crippen LogP contribution in [-0.2, 0) is 14.4 Å². The minimum atomic E-state index is -2.86. The molecule has 0 aromatic rings. The molecule has 47 heavy (non-hydrogen) atoms. The van der Waals surface area contributed by atoms with E-state index in [1.54, 1.807) is 0 Å². The Balaban J connectivity index is -0.000000625. The summed E-state index contributed by atoms with van der Waals surface area (Å²) in [4.78, 5) is 30.2. The predicted octanol–water partition coefficient (Wildman–Crippen LogP) is 6.09. The van der Waals surface area contributed by atoms with E-state index in [9.17, 15) is 24.6 Å². The molecule has 2 N–H and O–H groups in total. The molecule has 9 nitrogen and oxygen atoms in total. The molecule has 0 radical (unpaired) electrons. The molecule has 0 bridgehead atoms. The number of carboxylic acids is 3. The van der Waals surface area contributed by atoms with Gasteiger partial charge in [0.2, 0.25) is 0 Å². The molecule has 0 aromatic heterocycles. The number of quaternary nitrogens is 2. The lowest BCUT2D eigenvalue weighted by atomic mass is 9.96. The summed E-state index contributed by atoms with van der Waals surface area (Å²) >= 11 is 0. The lowest BCUT2D eigenvalue weighted by Gasteiger charge is -2.39. The molecule has 0 rings (SSSR count). The summed E-state index contributed by atoms with van der Waals surface area (Å²) in [5.74, 6) is -5.65. The first-order valence-electron chi connectivity index (χ1n) is 19.3. The number of aliphatic carboxylic acids is 3. The number of hydrogen-bond acceptors (Lipinski definition) is 6. The van der Waals surface area contributed by atoms with E-state index in [2.05, 4.69) is 55.4 Å². The highest BCUT2D eigenvalue weighted by Gasteiger charge is 2.36. The van der Waals surface area contributed by atoms with Crippen LogP contribution in [0.5, 0.6) is 0 Å². The fourth-order valence-electron chi connectivity index (χ4n) is 5.98. The third-order valence-corrected chi connectivity index (χ3v) is 9.16. The molecule has 0 fully saturated rings. The Kier molecular flexibility index (Phi) is 33.3. The van der Waals surface area contributed by atoms with Crippen molar-refractivity contribution in [2.24, 2.45) is 0 Å². The van der Waals surface area contributed by atoms with Gasteiger partial charge in [0.15, 0.2) is 5.60 Å². The van der Waals surface area contributed by atoms with Crippen molar-refractivity contribution in [3.8, 4) is 0 Å². The number of aliphatic hydroxyl groups is 1.